The zero-order chi connectivity index (χ0) is 28.2. The minimum atomic E-state index is -0.696. The number of thioether (sulfide) groups is 1. The standard InChI is InChI=1S/C30H30N6O4S/c37-26(31-19-22-9-6-18-40-22)13-12-25-29(39)36-28(32-25)23-10-4-5-11-24(23)33-30(36)41-20-27(38)35-16-14-34(15-17-35)21-7-2-1-3-8-21/h1-11,18,25H,12-17,19-20H2,(H,31,37). The predicted molar refractivity (Wildman–Crippen MR) is 158 cm³/mol. The molecule has 11 heteroatoms. The first-order valence-corrected chi connectivity index (χ1v) is 14.6. The molecule has 1 N–H and O–H groups in total. The lowest BCUT2D eigenvalue weighted by molar-refractivity contribution is -0.129. The van der Waals surface area contributed by atoms with E-state index in [1.54, 1.807) is 18.4 Å². The normalized spacial score (nSPS) is 18.0. The number of carbonyl (C=O) groups is 3. The predicted octanol–water partition coefficient (Wildman–Crippen LogP) is 3.42. The Morgan fingerprint density at radius 2 is 1.76 bits per heavy atom. The molecular weight excluding hydrogens is 540 g/mol. The summed E-state index contributed by atoms with van der Waals surface area (Å²) in [7, 11) is 0. The number of benzene rings is 2. The van der Waals surface area contributed by atoms with Crippen molar-refractivity contribution in [3.63, 3.8) is 0 Å². The molecule has 6 rings (SSSR count). The maximum absolute atomic E-state index is 13.5. The molecule has 0 spiro atoms. The first-order chi connectivity index (χ1) is 20.1. The monoisotopic (exact) mass is 570 g/mol. The van der Waals surface area contributed by atoms with E-state index >= 15 is 0 Å². The number of piperazine rings is 1. The van der Waals surface area contributed by atoms with Gasteiger partial charge in [-0.2, -0.15) is 0 Å². The fourth-order valence-corrected chi connectivity index (χ4v) is 6.02. The number of hydrogen-bond donors (Lipinski definition) is 1. The maximum atomic E-state index is 13.5. The summed E-state index contributed by atoms with van der Waals surface area (Å²) in [5.74, 6) is 0.954. The molecule has 41 heavy (non-hydrogen) atoms. The van der Waals surface area contributed by atoms with E-state index in [9.17, 15) is 14.4 Å². The van der Waals surface area contributed by atoms with Gasteiger partial charge in [-0.05, 0) is 42.8 Å². The highest BCUT2D eigenvalue weighted by atomic mass is 32.2. The summed E-state index contributed by atoms with van der Waals surface area (Å²) in [5, 5.41) is 3.25. The van der Waals surface area contributed by atoms with E-state index < -0.39 is 6.04 Å². The molecule has 210 valence electrons. The van der Waals surface area contributed by atoms with Crippen LogP contribution in [-0.4, -0.2) is 76.5 Å². The number of rotatable bonds is 8. The van der Waals surface area contributed by atoms with Crippen LogP contribution >= 0.6 is 11.8 Å². The number of amidine groups is 2. The highest BCUT2D eigenvalue weighted by Gasteiger charge is 2.41. The number of fused-ring (bicyclic) bond motifs is 3. The number of furan rings is 1. The van der Waals surface area contributed by atoms with Crippen LogP contribution in [0.4, 0.5) is 11.4 Å². The highest BCUT2D eigenvalue weighted by molar-refractivity contribution is 8.14. The molecule has 0 saturated carbocycles. The third-order valence-corrected chi connectivity index (χ3v) is 8.23. The molecule has 0 bridgehead atoms. The Balaban J connectivity index is 1.08. The number of para-hydroxylation sites is 2. The minimum Gasteiger partial charge on any atom is -0.467 e. The van der Waals surface area contributed by atoms with Gasteiger partial charge in [0.15, 0.2) is 5.17 Å². The SMILES string of the molecule is O=C(CCC1N=C2c3ccccc3N=C(SCC(=O)N3CCN(c4ccccc4)CC3)N2C1=O)NCc1ccco1. The molecular formula is C30H30N6O4S. The number of hydrogen-bond acceptors (Lipinski definition) is 8. The van der Waals surface area contributed by atoms with Crippen LogP contribution in [0, 0.1) is 0 Å². The first kappa shape index (κ1) is 26.8. The van der Waals surface area contributed by atoms with Gasteiger partial charge in [0.1, 0.15) is 17.6 Å². The maximum Gasteiger partial charge on any atom is 0.259 e. The highest BCUT2D eigenvalue weighted by Crippen LogP contribution is 2.34. The lowest BCUT2D eigenvalue weighted by Gasteiger charge is -2.36. The molecule has 3 aromatic rings. The van der Waals surface area contributed by atoms with Crippen molar-refractivity contribution in [3.05, 3.63) is 84.3 Å². The Morgan fingerprint density at radius 3 is 2.54 bits per heavy atom. The van der Waals surface area contributed by atoms with Gasteiger partial charge in [-0.25, -0.2) is 9.89 Å². The Labute approximate surface area is 242 Å². The molecule has 0 radical (unpaired) electrons. The lowest BCUT2D eigenvalue weighted by atomic mass is 10.1. The summed E-state index contributed by atoms with van der Waals surface area (Å²) in [4.78, 5) is 54.2. The number of aliphatic imine (C=N–C) groups is 2. The number of nitrogens with zero attached hydrogens (tertiary/aromatic N) is 5. The summed E-state index contributed by atoms with van der Waals surface area (Å²) < 4.78 is 5.25. The van der Waals surface area contributed by atoms with Crippen molar-refractivity contribution >= 4 is 51.9 Å². The van der Waals surface area contributed by atoms with Gasteiger partial charge in [0, 0.05) is 43.9 Å². The minimum absolute atomic E-state index is 0.0131. The summed E-state index contributed by atoms with van der Waals surface area (Å²) in [6.07, 6.45) is 1.98. The Bertz CT molecular complexity index is 1480. The number of amides is 3. The topological polar surface area (TPSA) is 111 Å². The molecule has 1 saturated heterocycles. The molecule has 3 amide bonds. The van der Waals surface area contributed by atoms with E-state index in [0.717, 1.165) is 24.3 Å². The number of anilines is 1. The van der Waals surface area contributed by atoms with E-state index in [4.69, 9.17) is 14.4 Å². The molecule has 1 fully saturated rings. The van der Waals surface area contributed by atoms with Crippen LogP contribution in [0.3, 0.4) is 0 Å². The zero-order valence-corrected chi connectivity index (χ0v) is 23.3. The summed E-state index contributed by atoms with van der Waals surface area (Å²) in [5.41, 5.74) is 2.63. The second-order valence-electron chi connectivity index (χ2n) is 9.94. The molecule has 0 aliphatic carbocycles. The quantitative estimate of drug-likeness (QED) is 0.445. The molecule has 1 unspecified atom stereocenters. The van der Waals surface area contributed by atoms with Gasteiger partial charge < -0.3 is 19.5 Å². The van der Waals surface area contributed by atoms with Crippen molar-refractivity contribution < 1.29 is 18.8 Å². The van der Waals surface area contributed by atoms with Crippen LogP contribution < -0.4 is 10.2 Å². The van der Waals surface area contributed by atoms with Crippen LogP contribution in [0.15, 0.2) is 87.4 Å². The van der Waals surface area contributed by atoms with E-state index in [1.165, 1.54) is 16.7 Å². The molecule has 3 aliphatic heterocycles. The molecule has 10 nitrogen and oxygen atoms in total. The zero-order valence-electron chi connectivity index (χ0n) is 22.4. The van der Waals surface area contributed by atoms with Crippen LogP contribution in [0.25, 0.3) is 0 Å². The largest absolute Gasteiger partial charge is 0.467 e. The molecule has 4 heterocycles. The Hall–Kier alpha value is -4.38. The van der Waals surface area contributed by atoms with Crippen LogP contribution in [0.5, 0.6) is 0 Å². The molecule has 3 aliphatic rings. The second-order valence-corrected chi connectivity index (χ2v) is 10.9. The van der Waals surface area contributed by atoms with Crippen LogP contribution in [0.1, 0.15) is 24.2 Å². The average Bonchev–Trinajstić information content (AvgIpc) is 3.66. The summed E-state index contributed by atoms with van der Waals surface area (Å²) >= 11 is 1.25. The van der Waals surface area contributed by atoms with Gasteiger partial charge in [-0.15, -0.1) is 0 Å². The van der Waals surface area contributed by atoms with Gasteiger partial charge in [0.25, 0.3) is 5.91 Å². The van der Waals surface area contributed by atoms with Crippen LogP contribution in [0.2, 0.25) is 0 Å². The van der Waals surface area contributed by atoms with Crippen LogP contribution in [-0.2, 0) is 20.9 Å². The Kier molecular flexibility index (Phi) is 7.86. The van der Waals surface area contributed by atoms with Gasteiger partial charge in [-0.3, -0.25) is 19.4 Å². The third-order valence-electron chi connectivity index (χ3n) is 7.31. The van der Waals surface area contributed by atoms with E-state index in [0.29, 0.717) is 42.1 Å². The lowest BCUT2D eigenvalue weighted by Crippen LogP contribution is -2.49. The summed E-state index contributed by atoms with van der Waals surface area (Å²) in [6, 6.07) is 20.6. The second kappa shape index (κ2) is 12.0. The smallest absolute Gasteiger partial charge is 0.259 e. The fourth-order valence-electron chi connectivity index (χ4n) is 5.11. The van der Waals surface area contributed by atoms with Crippen molar-refractivity contribution in [2.45, 2.75) is 25.4 Å². The molecule has 1 aromatic heterocycles. The van der Waals surface area contributed by atoms with E-state index in [1.807, 2.05) is 47.4 Å². The van der Waals surface area contributed by atoms with E-state index in [2.05, 4.69) is 22.3 Å². The number of carbonyl (C=O) groups excluding carboxylic acids is 3. The molecule has 2 aromatic carbocycles. The summed E-state index contributed by atoms with van der Waals surface area (Å²) in [6.45, 7) is 3.12. The number of nitrogens with one attached hydrogen (secondary N) is 1. The van der Waals surface area contributed by atoms with Gasteiger partial charge in [0.2, 0.25) is 11.8 Å². The van der Waals surface area contributed by atoms with E-state index in [-0.39, 0.29) is 36.3 Å². The van der Waals surface area contributed by atoms with Crippen molar-refractivity contribution in [2.24, 2.45) is 9.98 Å². The third kappa shape index (κ3) is 5.90. The van der Waals surface area contributed by atoms with Gasteiger partial charge in [-0.1, -0.05) is 42.1 Å². The molecule has 1 atom stereocenters. The van der Waals surface area contributed by atoms with Crippen molar-refractivity contribution in [1.29, 1.82) is 0 Å². The van der Waals surface area contributed by atoms with Gasteiger partial charge in [0.05, 0.1) is 24.2 Å². The Morgan fingerprint density at radius 1 is 0.976 bits per heavy atom. The van der Waals surface area contributed by atoms with Crippen molar-refractivity contribution in [3.8, 4) is 0 Å². The van der Waals surface area contributed by atoms with Crippen molar-refractivity contribution in [1.82, 2.24) is 15.1 Å². The average molecular weight is 571 g/mol. The van der Waals surface area contributed by atoms with Crippen molar-refractivity contribution in [2.75, 3.05) is 36.8 Å². The fraction of sp³-hybridized carbons (Fsp3) is 0.300. The van der Waals surface area contributed by atoms with Gasteiger partial charge >= 0.3 is 0 Å². The first-order valence-electron chi connectivity index (χ1n) is 13.7.